The van der Waals surface area contributed by atoms with E-state index in [1.54, 1.807) is 0 Å². The Morgan fingerprint density at radius 2 is 2.28 bits per heavy atom. The fourth-order valence-corrected chi connectivity index (χ4v) is 2.26. The third-order valence-electron chi connectivity index (χ3n) is 2.92. The number of hydrogen-bond donors (Lipinski definition) is 0. The Balaban J connectivity index is 1.63. The molecule has 1 aliphatic carbocycles. The van der Waals surface area contributed by atoms with Gasteiger partial charge in [-0.15, -0.1) is 5.10 Å². The zero-order valence-corrected chi connectivity index (χ0v) is 11.7. The standard InChI is InChI=1S/C11H14BrN5O/c1-16(6-9-4-5-10(12)18-9)7-11-13-14-15-17(11)8-2-3-8/h4-5,8H,2-3,6-7H2,1H3. The first-order chi connectivity index (χ1) is 8.72. The smallest absolute Gasteiger partial charge is 0.169 e. The maximum atomic E-state index is 5.48. The Morgan fingerprint density at radius 1 is 1.44 bits per heavy atom. The van der Waals surface area contributed by atoms with E-state index in [1.165, 1.54) is 12.8 Å². The molecule has 6 nitrogen and oxygen atoms in total. The van der Waals surface area contributed by atoms with E-state index in [4.69, 9.17) is 4.42 Å². The topological polar surface area (TPSA) is 60.0 Å². The number of hydrogen-bond acceptors (Lipinski definition) is 5. The summed E-state index contributed by atoms with van der Waals surface area (Å²) in [6.07, 6.45) is 2.37. The van der Waals surface area contributed by atoms with Gasteiger partial charge in [0.05, 0.1) is 19.1 Å². The molecule has 0 aromatic carbocycles. The molecule has 2 heterocycles. The van der Waals surface area contributed by atoms with E-state index in [-0.39, 0.29) is 0 Å². The van der Waals surface area contributed by atoms with Crippen molar-refractivity contribution in [2.75, 3.05) is 7.05 Å². The minimum Gasteiger partial charge on any atom is -0.453 e. The lowest BCUT2D eigenvalue weighted by molar-refractivity contribution is 0.273. The van der Waals surface area contributed by atoms with Gasteiger partial charge in [0, 0.05) is 0 Å². The van der Waals surface area contributed by atoms with Crippen molar-refractivity contribution in [1.29, 1.82) is 0 Å². The van der Waals surface area contributed by atoms with E-state index in [2.05, 4.69) is 36.4 Å². The van der Waals surface area contributed by atoms with Crippen LogP contribution in [0.15, 0.2) is 21.2 Å². The van der Waals surface area contributed by atoms with E-state index in [9.17, 15) is 0 Å². The number of aromatic nitrogens is 4. The average molecular weight is 312 g/mol. The van der Waals surface area contributed by atoms with Gasteiger partial charge in [0.2, 0.25) is 0 Å². The van der Waals surface area contributed by atoms with Crippen LogP contribution in [0.4, 0.5) is 0 Å². The number of furan rings is 1. The molecule has 1 saturated carbocycles. The summed E-state index contributed by atoms with van der Waals surface area (Å²) in [5, 5.41) is 11.9. The summed E-state index contributed by atoms with van der Waals surface area (Å²) >= 11 is 3.30. The third-order valence-corrected chi connectivity index (χ3v) is 3.35. The van der Waals surface area contributed by atoms with Crippen LogP contribution in [-0.2, 0) is 13.1 Å². The fraction of sp³-hybridized carbons (Fsp3) is 0.545. The van der Waals surface area contributed by atoms with Crippen molar-refractivity contribution in [3.8, 4) is 0 Å². The van der Waals surface area contributed by atoms with Gasteiger partial charge in [-0.1, -0.05) is 0 Å². The van der Waals surface area contributed by atoms with Crippen LogP contribution in [-0.4, -0.2) is 32.2 Å². The van der Waals surface area contributed by atoms with Crippen molar-refractivity contribution in [2.45, 2.75) is 32.0 Å². The molecule has 0 radical (unpaired) electrons. The third kappa shape index (κ3) is 2.62. The molecule has 18 heavy (non-hydrogen) atoms. The fourth-order valence-electron chi connectivity index (χ4n) is 1.92. The monoisotopic (exact) mass is 311 g/mol. The van der Waals surface area contributed by atoms with Crippen molar-refractivity contribution >= 4 is 15.9 Å². The summed E-state index contributed by atoms with van der Waals surface area (Å²) < 4.78 is 8.18. The largest absolute Gasteiger partial charge is 0.453 e. The number of rotatable bonds is 5. The second-order valence-electron chi connectivity index (χ2n) is 4.65. The molecule has 7 heteroatoms. The van der Waals surface area contributed by atoms with Gasteiger partial charge in [0.1, 0.15) is 5.76 Å². The van der Waals surface area contributed by atoms with Gasteiger partial charge in [-0.2, -0.15) is 0 Å². The molecule has 0 atom stereocenters. The Morgan fingerprint density at radius 3 is 2.94 bits per heavy atom. The normalized spacial score (nSPS) is 15.5. The second kappa shape index (κ2) is 4.81. The molecule has 0 N–H and O–H groups in total. The summed E-state index contributed by atoms with van der Waals surface area (Å²) in [4.78, 5) is 2.13. The first-order valence-corrected chi connectivity index (χ1v) is 6.71. The molecule has 0 amide bonds. The van der Waals surface area contributed by atoms with Crippen molar-refractivity contribution in [2.24, 2.45) is 0 Å². The molecular weight excluding hydrogens is 298 g/mol. The quantitative estimate of drug-likeness (QED) is 0.845. The summed E-state index contributed by atoms with van der Waals surface area (Å²) in [7, 11) is 2.03. The van der Waals surface area contributed by atoms with E-state index in [0.717, 1.165) is 29.3 Å². The highest BCUT2D eigenvalue weighted by atomic mass is 79.9. The van der Waals surface area contributed by atoms with Crippen LogP contribution in [0.5, 0.6) is 0 Å². The van der Waals surface area contributed by atoms with E-state index >= 15 is 0 Å². The molecule has 0 bridgehead atoms. The predicted octanol–water partition coefficient (Wildman–Crippen LogP) is 2.00. The molecular formula is C11H14BrN5O. The molecule has 0 unspecified atom stereocenters. The van der Waals surface area contributed by atoms with Crippen molar-refractivity contribution < 1.29 is 4.42 Å². The minimum atomic E-state index is 0.515. The van der Waals surface area contributed by atoms with Gasteiger partial charge in [0.25, 0.3) is 0 Å². The van der Waals surface area contributed by atoms with Crippen LogP contribution >= 0.6 is 15.9 Å². The zero-order chi connectivity index (χ0) is 12.5. The van der Waals surface area contributed by atoms with Crippen LogP contribution < -0.4 is 0 Å². The number of nitrogens with zero attached hydrogens (tertiary/aromatic N) is 5. The molecule has 1 fully saturated rings. The van der Waals surface area contributed by atoms with Crippen LogP contribution in [0.3, 0.4) is 0 Å². The Labute approximate surface area is 113 Å². The molecule has 96 valence electrons. The van der Waals surface area contributed by atoms with Crippen LogP contribution in [0.1, 0.15) is 30.5 Å². The second-order valence-corrected chi connectivity index (χ2v) is 5.43. The first-order valence-electron chi connectivity index (χ1n) is 5.92. The zero-order valence-electron chi connectivity index (χ0n) is 10.1. The first kappa shape index (κ1) is 11.9. The molecule has 2 aromatic rings. The van der Waals surface area contributed by atoms with Crippen LogP contribution in [0, 0.1) is 0 Å². The number of halogens is 1. The summed E-state index contributed by atoms with van der Waals surface area (Å²) in [6.45, 7) is 1.46. The van der Waals surface area contributed by atoms with E-state index in [0.29, 0.717) is 6.04 Å². The maximum absolute atomic E-state index is 5.48. The highest BCUT2D eigenvalue weighted by Crippen LogP contribution is 2.34. The van der Waals surface area contributed by atoms with Crippen molar-refractivity contribution in [1.82, 2.24) is 25.1 Å². The van der Waals surface area contributed by atoms with E-state index in [1.807, 2.05) is 23.9 Å². The van der Waals surface area contributed by atoms with Gasteiger partial charge >= 0.3 is 0 Å². The van der Waals surface area contributed by atoms with Gasteiger partial charge in [-0.25, -0.2) is 4.68 Å². The molecule has 1 aliphatic rings. The molecule has 2 aromatic heterocycles. The van der Waals surface area contributed by atoms with Gasteiger partial charge in [0.15, 0.2) is 10.5 Å². The van der Waals surface area contributed by atoms with Gasteiger partial charge < -0.3 is 4.42 Å². The van der Waals surface area contributed by atoms with Crippen LogP contribution in [0.2, 0.25) is 0 Å². The maximum Gasteiger partial charge on any atom is 0.169 e. The molecule has 0 saturated heterocycles. The lowest BCUT2D eigenvalue weighted by atomic mass is 10.4. The predicted molar refractivity (Wildman–Crippen MR) is 67.7 cm³/mol. The highest BCUT2D eigenvalue weighted by Gasteiger charge is 2.27. The molecule has 0 spiro atoms. The lowest BCUT2D eigenvalue weighted by Crippen LogP contribution is -2.20. The SMILES string of the molecule is CN(Cc1ccc(Br)o1)Cc1nnnn1C1CC1. The van der Waals surface area contributed by atoms with Crippen LogP contribution in [0.25, 0.3) is 0 Å². The highest BCUT2D eigenvalue weighted by molar-refractivity contribution is 9.10. The molecule has 3 rings (SSSR count). The average Bonchev–Trinajstić information content (AvgIpc) is 2.94. The van der Waals surface area contributed by atoms with Gasteiger partial charge in [-0.3, -0.25) is 4.90 Å². The summed E-state index contributed by atoms with van der Waals surface area (Å²) in [5.41, 5.74) is 0. The van der Waals surface area contributed by atoms with Crippen molar-refractivity contribution in [3.05, 3.63) is 28.4 Å². The van der Waals surface area contributed by atoms with Crippen molar-refractivity contribution in [3.63, 3.8) is 0 Å². The Hall–Kier alpha value is -1.21. The lowest BCUT2D eigenvalue weighted by Gasteiger charge is -2.14. The van der Waals surface area contributed by atoms with E-state index < -0.39 is 0 Å². The minimum absolute atomic E-state index is 0.515. The Kier molecular flexibility index (Phi) is 3.17. The summed E-state index contributed by atoms with van der Waals surface area (Å²) in [6, 6.07) is 4.38. The molecule has 0 aliphatic heterocycles. The summed E-state index contributed by atoms with van der Waals surface area (Å²) in [5.74, 6) is 1.85. The number of tetrazole rings is 1. The van der Waals surface area contributed by atoms with Gasteiger partial charge in [-0.05, 0) is 58.4 Å². The Bertz CT molecular complexity index is 533.